The van der Waals surface area contributed by atoms with Gasteiger partial charge < -0.3 is 5.32 Å². The normalized spacial score (nSPS) is 15.4. The van der Waals surface area contributed by atoms with Gasteiger partial charge in [-0.05, 0) is 49.1 Å². The molecule has 166 valence electrons. The third kappa shape index (κ3) is 4.72. The van der Waals surface area contributed by atoms with Crippen LogP contribution in [0.5, 0.6) is 0 Å². The van der Waals surface area contributed by atoms with Crippen molar-refractivity contribution in [2.45, 2.75) is 30.7 Å². The fourth-order valence-electron chi connectivity index (χ4n) is 3.89. The predicted molar refractivity (Wildman–Crippen MR) is 126 cm³/mol. The molecule has 1 heterocycles. The number of carbonyl (C=O) groups excluding carboxylic acids is 1. The molecule has 0 spiro atoms. The Morgan fingerprint density at radius 2 is 1.56 bits per heavy atom. The van der Waals surface area contributed by atoms with Crippen molar-refractivity contribution in [2.24, 2.45) is 0 Å². The molecule has 4 rings (SSSR count). The van der Waals surface area contributed by atoms with E-state index in [4.69, 9.17) is 11.6 Å². The van der Waals surface area contributed by atoms with Crippen molar-refractivity contribution in [1.29, 1.82) is 0 Å². The molecular weight excluding hydrogens is 444 g/mol. The summed E-state index contributed by atoms with van der Waals surface area (Å²) in [5.74, 6) is -0.428. The first-order chi connectivity index (χ1) is 15.4. The molecule has 0 aliphatic carbocycles. The van der Waals surface area contributed by atoms with Gasteiger partial charge in [0.25, 0.3) is 5.91 Å². The van der Waals surface area contributed by atoms with Crippen molar-refractivity contribution in [1.82, 2.24) is 9.62 Å². The highest BCUT2D eigenvalue weighted by molar-refractivity contribution is 7.89. The summed E-state index contributed by atoms with van der Waals surface area (Å²) in [6, 6.07) is 21.5. The lowest BCUT2D eigenvalue weighted by Gasteiger charge is -2.21. The van der Waals surface area contributed by atoms with Gasteiger partial charge >= 0.3 is 0 Å². The van der Waals surface area contributed by atoms with E-state index in [-0.39, 0.29) is 15.5 Å². The second-order valence-corrected chi connectivity index (χ2v) is 10.3. The minimum absolute atomic E-state index is 0.0838. The molecular formula is C25H25ClN2O3S. The van der Waals surface area contributed by atoms with Crippen LogP contribution in [0.25, 0.3) is 0 Å². The van der Waals surface area contributed by atoms with Crippen LogP contribution in [0, 0.1) is 6.92 Å². The first kappa shape index (κ1) is 22.5. The van der Waals surface area contributed by atoms with Gasteiger partial charge in [0.2, 0.25) is 10.0 Å². The first-order valence-electron chi connectivity index (χ1n) is 10.6. The highest BCUT2D eigenvalue weighted by Gasteiger charge is 2.29. The Morgan fingerprint density at radius 1 is 0.938 bits per heavy atom. The van der Waals surface area contributed by atoms with Crippen LogP contribution in [-0.2, 0) is 10.0 Å². The van der Waals surface area contributed by atoms with Crippen molar-refractivity contribution in [2.75, 3.05) is 13.1 Å². The van der Waals surface area contributed by atoms with Crippen molar-refractivity contribution in [3.63, 3.8) is 0 Å². The van der Waals surface area contributed by atoms with E-state index in [9.17, 15) is 13.2 Å². The zero-order valence-corrected chi connectivity index (χ0v) is 19.4. The van der Waals surface area contributed by atoms with Crippen LogP contribution in [0.2, 0.25) is 5.02 Å². The Hall–Kier alpha value is -2.67. The van der Waals surface area contributed by atoms with E-state index < -0.39 is 22.0 Å². The molecule has 1 atom stereocenters. The minimum atomic E-state index is -3.65. The van der Waals surface area contributed by atoms with Crippen molar-refractivity contribution in [3.05, 3.63) is 100 Å². The van der Waals surface area contributed by atoms with E-state index in [0.29, 0.717) is 13.1 Å². The molecule has 1 aliphatic heterocycles. The summed E-state index contributed by atoms with van der Waals surface area (Å²) >= 11 is 6.33. The number of amides is 1. The molecule has 0 unspecified atom stereocenters. The van der Waals surface area contributed by atoms with E-state index >= 15 is 0 Å². The molecule has 7 heteroatoms. The van der Waals surface area contributed by atoms with Gasteiger partial charge in [0.15, 0.2) is 0 Å². The number of benzene rings is 3. The first-order valence-corrected chi connectivity index (χ1v) is 12.4. The standard InChI is InChI=1S/C25H25ClN2O3S/c1-18-9-11-20(12-10-18)24(19-7-3-2-4-8-19)27-25(29)22-17-21(13-14-23(22)26)32(30,31)28-15-5-6-16-28/h2-4,7-14,17,24H,5-6,15-16H2,1H3,(H,27,29)/t24-/m1/s1. The van der Waals surface area contributed by atoms with Crippen molar-refractivity contribution < 1.29 is 13.2 Å². The summed E-state index contributed by atoms with van der Waals surface area (Å²) in [5, 5.41) is 3.25. The number of sulfonamides is 1. The topological polar surface area (TPSA) is 66.5 Å². The van der Waals surface area contributed by atoms with Crippen molar-refractivity contribution in [3.8, 4) is 0 Å². The lowest BCUT2D eigenvalue weighted by Crippen LogP contribution is -2.31. The Labute approximate surface area is 194 Å². The Bertz CT molecular complexity index is 1210. The second kappa shape index (κ2) is 9.45. The van der Waals surface area contributed by atoms with Gasteiger partial charge in [0.1, 0.15) is 0 Å². The van der Waals surface area contributed by atoms with Gasteiger partial charge in [-0.3, -0.25) is 4.79 Å². The summed E-state index contributed by atoms with van der Waals surface area (Å²) in [7, 11) is -3.65. The highest BCUT2D eigenvalue weighted by atomic mass is 35.5. The van der Waals surface area contributed by atoms with Crippen molar-refractivity contribution >= 4 is 27.5 Å². The molecule has 32 heavy (non-hydrogen) atoms. The van der Waals surface area contributed by atoms with Gasteiger partial charge in [0.05, 0.1) is 21.5 Å². The molecule has 1 N–H and O–H groups in total. The van der Waals surface area contributed by atoms with E-state index in [2.05, 4.69) is 5.32 Å². The maximum Gasteiger partial charge on any atom is 0.253 e. The monoisotopic (exact) mass is 468 g/mol. The Balaban J connectivity index is 1.67. The van der Waals surface area contributed by atoms with E-state index in [1.807, 2.05) is 61.5 Å². The molecule has 1 aliphatic rings. The number of carbonyl (C=O) groups is 1. The highest BCUT2D eigenvalue weighted by Crippen LogP contribution is 2.27. The number of aryl methyl sites for hydroxylation is 1. The largest absolute Gasteiger partial charge is 0.341 e. The molecule has 1 saturated heterocycles. The van der Waals surface area contributed by atoms with Crippen LogP contribution in [0.1, 0.15) is 45.9 Å². The Morgan fingerprint density at radius 3 is 2.22 bits per heavy atom. The smallest absolute Gasteiger partial charge is 0.253 e. The fraction of sp³-hybridized carbons (Fsp3) is 0.240. The van der Waals surface area contributed by atoms with Gasteiger partial charge in [-0.25, -0.2) is 8.42 Å². The van der Waals surface area contributed by atoms with Gasteiger partial charge in [-0.2, -0.15) is 4.31 Å². The molecule has 0 radical (unpaired) electrons. The lowest BCUT2D eigenvalue weighted by atomic mass is 9.97. The summed E-state index contributed by atoms with van der Waals surface area (Å²) < 4.78 is 27.4. The van der Waals surface area contributed by atoms with Crippen LogP contribution in [0.3, 0.4) is 0 Å². The zero-order chi connectivity index (χ0) is 22.7. The number of nitrogens with zero attached hydrogens (tertiary/aromatic N) is 1. The average Bonchev–Trinajstić information content (AvgIpc) is 3.35. The van der Waals surface area contributed by atoms with E-state index in [1.165, 1.54) is 22.5 Å². The number of halogens is 1. The SMILES string of the molecule is Cc1ccc([C@H](NC(=O)c2cc(S(=O)(=O)N3CCCC3)ccc2Cl)c2ccccc2)cc1. The van der Waals surface area contributed by atoms with Gasteiger partial charge in [0, 0.05) is 13.1 Å². The predicted octanol–water partition coefficient (Wildman–Crippen LogP) is 4.95. The number of rotatable bonds is 6. The van der Waals surface area contributed by atoms with E-state index in [0.717, 1.165) is 29.5 Å². The maximum absolute atomic E-state index is 13.3. The number of hydrogen-bond acceptors (Lipinski definition) is 3. The molecule has 1 fully saturated rings. The summed E-state index contributed by atoms with van der Waals surface area (Å²) in [4.78, 5) is 13.4. The number of nitrogens with one attached hydrogen (secondary N) is 1. The van der Waals surface area contributed by atoms with Crippen LogP contribution in [0.15, 0.2) is 77.7 Å². The van der Waals surface area contributed by atoms with Crippen LogP contribution >= 0.6 is 11.6 Å². The third-order valence-electron chi connectivity index (χ3n) is 5.70. The molecule has 0 bridgehead atoms. The average molecular weight is 469 g/mol. The maximum atomic E-state index is 13.3. The number of hydrogen-bond donors (Lipinski definition) is 1. The molecule has 0 saturated carbocycles. The van der Waals surface area contributed by atoms with Gasteiger partial charge in [-0.15, -0.1) is 0 Å². The molecule has 0 aromatic heterocycles. The summed E-state index contributed by atoms with van der Waals surface area (Å²) in [6.45, 7) is 3.00. The molecule has 5 nitrogen and oxygen atoms in total. The lowest BCUT2D eigenvalue weighted by molar-refractivity contribution is 0.0943. The molecule has 1 amide bonds. The Kier molecular flexibility index (Phi) is 6.65. The third-order valence-corrected chi connectivity index (χ3v) is 7.93. The van der Waals surface area contributed by atoms with Crippen LogP contribution in [-0.4, -0.2) is 31.7 Å². The second-order valence-electron chi connectivity index (χ2n) is 7.98. The van der Waals surface area contributed by atoms with E-state index in [1.54, 1.807) is 0 Å². The van der Waals surface area contributed by atoms with Crippen LogP contribution < -0.4 is 5.32 Å². The summed E-state index contributed by atoms with van der Waals surface area (Å²) in [6.07, 6.45) is 1.69. The minimum Gasteiger partial charge on any atom is -0.341 e. The van der Waals surface area contributed by atoms with Crippen LogP contribution in [0.4, 0.5) is 0 Å². The molecule has 3 aromatic carbocycles. The summed E-state index contributed by atoms with van der Waals surface area (Å²) in [5.41, 5.74) is 3.10. The molecule has 3 aromatic rings. The van der Waals surface area contributed by atoms with Gasteiger partial charge in [-0.1, -0.05) is 71.8 Å². The quantitative estimate of drug-likeness (QED) is 0.556. The zero-order valence-electron chi connectivity index (χ0n) is 17.8. The fourth-order valence-corrected chi connectivity index (χ4v) is 5.64.